The monoisotopic (exact) mass is 657 g/mol. The number of pyridine rings is 1. The Morgan fingerprint density at radius 1 is 0.440 bits per heavy atom. The third-order valence-corrected chi connectivity index (χ3v) is 10.5. The summed E-state index contributed by atoms with van der Waals surface area (Å²) in [5.41, 5.74) is 8.40. The number of thiophene rings is 1. The zero-order valence-electron chi connectivity index (χ0n) is 26.7. The van der Waals surface area contributed by atoms with Gasteiger partial charge in [-0.05, 0) is 47.5 Å². The molecule has 0 aliphatic carbocycles. The zero-order valence-corrected chi connectivity index (χ0v) is 27.5. The van der Waals surface area contributed by atoms with Crippen molar-refractivity contribution < 1.29 is 0 Å². The van der Waals surface area contributed by atoms with Crippen LogP contribution in [-0.4, -0.2) is 24.5 Å². The SMILES string of the molecule is c1ccc(-c2ccc(-c3nc(-c4ccccc4)nc(-c4cccc5c4sc4cc(-n6c7ccccc7c7cccnc76)ccc45)n3)cc2)cc1. The van der Waals surface area contributed by atoms with Crippen LogP contribution in [0.2, 0.25) is 0 Å². The molecular formula is C44H27N5S. The molecule has 234 valence electrons. The average Bonchev–Trinajstić information content (AvgIpc) is 3.74. The second kappa shape index (κ2) is 11.6. The van der Waals surface area contributed by atoms with Crippen LogP contribution in [0.15, 0.2) is 164 Å². The highest BCUT2D eigenvalue weighted by Crippen LogP contribution is 2.41. The molecule has 4 aromatic heterocycles. The Labute approximate surface area is 291 Å². The highest BCUT2D eigenvalue weighted by atomic mass is 32.1. The van der Waals surface area contributed by atoms with E-state index in [2.05, 4.69) is 120 Å². The van der Waals surface area contributed by atoms with Crippen molar-refractivity contribution in [3.05, 3.63) is 164 Å². The first-order valence-electron chi connectivity index (χ1n) is 16.6. The maximum Gasteiger partial charge on any atom is 0.165 e. The summed E-state index contributed by atoms with van der Waals surface area (Å²) in [6, 6.07) is 54.8. The minimum atomic E-state index is 0.646. The summed E-state index contributed by atoms with van der Waals surface area (Å²) >= 11 is 1.77. The predicted octanol–water partition coefficient (Wildman–Crippen LogP) is 11.4. The summed E-state index contributed by atoms with van der Waals surface area (Å²) in [7, 11) is 0. The van der Waals surface area contributed by atoms with E-state index in [-0.39, 0.29) is 0 Å². The van der Waals surface area contributed by atoms with Crippen molar-refractivity contribution in [1.29, 1.82) is 0 Å². The Hall–Kier alpha value is -6.50. The van der Waals surface area contributed by atoms with Crippen molar-refractivity contribution in [3.8, 4) is 51.0 Å². The van der Waals surface area contributed by atoms with E-state index in [0.717, 1.165) is 49.2 Å². The molecule has 10 rings (SSSR count). The molecule has 6 aromatic carbocycles. The van der Waals surface area contributed by atoms with Gasteiger partial charge in [0.25, 0.3) is 0 Å². The van der Waals surface area contributed by atoms with Gasteiger partial charge in [0.1, 0.15) is 5.65 Å². The molecule has 0 bridgehead atoms. The number of hydrogen-bond acceptors (Lipinski definition) is 5. The standard InChI is InChI=1S/C44H27N5S/c1-3-11-28(12-4-1)29-20-22-31(23-21-29)42-46-41(30-13-5-2-6-14-30)47-43(48-42)37-17-9-16-35-34-25-24-32(27-39(34)50-40(35)37)49-38-19-8-7-15-33(38)36-18-10-26-45-44(36)49/h1-27H. The van der Waals surface area contributed by atoms with Gasteiger partial charge < -0.3 is 0 Å². The molecule has 5 nitrogen and oxygen atoms in total. The topological polar surface area (TPSA) is 56.5 Å². The van der Waals surface area contributed by atoms with Crippen LogP contribution in [0.4, 0.5) is 0 Å². The van der Waals surface area contributed by atoms with Gasteiger partial charge in [-0.25, -0.2) is 19.9 Å². The van der Waals surface area contributed by atoms with E-state index < -0.39 is 0 Å². The Kier molecular flexibility index (Phi) is 6.60. The molecule has 0 fully saturated rings. The highest BCUT2D eigenvalue weighted by Gasteiger charge is 2.18. The van der Waals surface area contributed by atoms with Gasteiger partial charge in [-0.2, -0.15) is 0 Å². The van der Waals surface area contributed by atoms with Crippen molar-refractivity contribution >= 4 is 53.4 Å². The molecule has 0 spiro atoms. The third kappa shape index (κ3) is 4.69. The average molecular weight is 658 g/mol. The van der Waals surface area contributed by atoms with Gasteiger partial charge in [-0.3, -0.25) is 4.57 Å². The number of hydrogen-bond donors (Lipinski definition) is 0. The summed E-state index contributed by atoms with van der Waals surface area (Å²) in [6.45, 7) is 0. The van der Waals surface area contributed by atoms with Crippen molar-refractivity contribution in [2.45, 2.75) is 0 Å². The molecule has 0 radical (unpaired) electrons. The van der Waals surface area contributed by atoms with Gasteiger partial charge in [-0.1, -0.05) is 121 Å². The van der Waals surface area contributed by atoms with Crippen molar-refractivity contribution in [1.82, 2.24) is 24.5 Å². The summed E-state index contributed by atoms with van der Waals surface area (Å²) in [6.07, 6.45) is 1.87. The van der Waals surface area contributed by atoms with E-state index in [4.69, 9.17) is 19.9 Å². The number of fused-ring (bicyclic) bond motifs is 6. The zero-order chi connectivity index (χ0) is 33.0. The van der Waals surface area contributed by atoms with E-state index in [0.29, 0.717) is 17.5 Å². The van der Waals surface area contributed by atoms with Crippen LogP contribution in [0.3, 0.4) is 0 Å². The first-order chi connectivity index (χ1) is 24.8. The molecule has 4 heterocycles. The molecule has 0 aliphatic heterocycles. The van der Waals surface area contributed by atoms with Crippen LogP contribution in [-0.2, 0) is 0 Å². The number of para-hydroxylation sites is 1. The largest absolute Gasteiger partial charge is 0.294 e. The number of rotatable bonds is 5. The fourth-order valence-corrected chi connectivity index (χ4v) is 8.19. The van der Waals surface area contributed by atoms with Crippen molar-refractivity contribution in [2.24, 2.45) is 0 Å². The Balaban J connectivity index is 1.13. The predicted molar refractivity (Wildman–Crippen MR) is 207 cm³/mol. The number of nitrogens with zero attached hydrogens (tertiary/aromatic N) is 5. The maximum atomic E-state index is 5.12. The lowest BCUT2D eigenvalue weighted by Gasteiger charge is -2.10. The Morgan fingerprint density at radius 2 is 1.06 bits per heavy atom. The second-order valence-electron chi connectivity index (χ2n) is 12.3. The fourth-order valence-electron chi connectivity index (χ4n) is 6.94. The summed E-state index contributed by atoms with van der Waals surface area (Å²) < 4.78 is 4.61. The molecule has 0 unspecified atom stereocenters. The van der Waals surface area contributed by atoms with E-state index >= 15 is 0 Å². The molecule has 10 aromatic rings. The van der Waals surface area contributed by atoms with Crippen LogP contribution in [0.25, 0.3) is 93.1 Å². The van der Waals surface area contributed by atoms with Gasteiger partial charge >= 0.3 is 0 Å². The smallest absolute Gasteiger partial charge is 0.165 e. The summed E-state index contributed by atoms with van der Waals surface area (Å²) in [5, 5.41) is 4.74. The number of benzene rings is 6. The molecule has 6 heteroatoms. The second-order valence-corrected chi connectivity index (χ2v) is 13.4. The van der Waals surface area contributed by atoms with Crippen LogP contribution in [0.1, 0.15) is 0 Å². The summed E-state index contributed by atoms with van der Waals surface area (Å²) in [5.74, 6) is 1.95. The molecular weight excluding hydrogens is 631 g/mol. The quantitative estimate of drug-likeness (QED) is 0.185. The third-order valence-electron chi connectivity index (χ3n) is 9.33. The number of aromatic nitrogens is 5. The van der Waals surface area contributed by atoms with Gasteiger partial charge in [0.2, 0.25) is 0 Å². The van der Waals surface area contributed by atoms with E-state index in [1.165, 1.54) is 26.4 Å². The van der Waals surface area contributed by atoms with Crippen LogP contribution in [0, 0.1) is 0 Å². The minimum Gasteiger partial charge on any atom is -0.294 e. The van der Waals surface area contributed by atoms with Gasteiger partial charge in [0, 0.05) is 59.5 Å². The van der Waals surface area contributed by atoms with Crippen LogP contribution in [0.5, 0.6) is 0 Å². The van der Waals surface area contributed by atoms with Crippen molar-refractivity contribution in [3.63, 3.8) is 0 Å². The lowest BCUT2D eigenvalue weighted by Crippen LogP contribution is -2.00. The Bertz CT molecular complexity index is 2800. The minimum absolute atomic E-state index is 0.646. The van der Waals surface area contributed by atoms with Gasteiger partial charge in [-0.15, -0.1) is 11.3 Å². The summed E-state index contributed by atoms with van der Waals surface area (Å²) in [4.78, 5) is 20.0. The van der Waals surface area contributed by atoms with Crippen LogP contribution < -0.4 is 0 Å². The first kappa shape index (κ1) is 28.5. The highest BCUT2D eigenvalue weighted by molar-refractivity contribution is 7.26. The van der Waals surface area contributed by atoms with Crippen molar-refractivity contribution in [2.75, 3.05) is 0 Å². The lowest BCUT2D eigenvalue weighted by molar-refractivity contribution is 1.08. The van der Waals surface area contributed by atoms with Crippen LogP contribution >= 0.6 is 11.3 Å². The molecule has 0 aliphatic rings. The molecule has 50 heavy (non-hydrogen) atoms. The molecule has 0 saturated carbocycles. The molecule has 0 atom stereocenters. The maximum absolute atomic E-state index is 5.12. The molecule has 0 N–H and O–H groups in total. The Morgan fingerprint density at radius 3 is 1.86 bits per heavy atom. The van der Waals surface area contributed by atoms with E-state index in [1.807, 2.05) is 48.7 Å². The molecule has 0 saturated heterocycles. The fraction of sp³-hybridized carbons (Fsp3) is 0. The lowest BCUT2D eigenvalue weighted by atomic mass is 10.0. The van der Waals surface area contributed by atoms with Gasteiger partial charge in [0.05, 0.1) is 5.52 Å². The van der Waals surface area contributed by atoms with Gasteiger partial charge in [0.15, 0.2) is 17.5 Å². The molecule has 0 amide bonds. The normalized spacial score (nSPS) is 11.6. The van der Waals surface area contributed by atoms with E-state index in [9.17, 15) is 0 Å². The first-order valence-corrected chi connectivity index (χ1v) is 17.4. The van der Waals surface area contributed by atoms with E-state index in [1.54, 1.807) is 11.3 Å².